The van der Waals surface area contributed by atoms with Crippen LogP contribution in [0.1, 0.15) is 44.4 Å². The summed E-state index contributed by atoms with van der Waals surface area (Å²) < 4.78 is 16.8. The van der Waals surface area contributed by atoms with E-state index in [0.717, 1.165) is 6.42 Å². The Hall–Kier alpha value is -4.26. The third kappa shape index (κ3) is 5.45. The van der Waals surface area contributed by atoms with Crippen molar-refractivity contribution in [3.63, 3.8) is 0 Å². The molecule has 0 saturated carbocycles. The summed E-state index contributed by atoms with van der Waals surface area (Å²) in [6, 6.07) is 20.1. The maximum Gasteiger partial charge on any atom is 0.300 e. The number of hydrogen-bond acceptors (Lipinski definition) is 6. The van der Waals surface area contributed by atoms with E-state index in [0.29, 0.717) is 40.7 Å². The Labute approximate surface area is 216 Å². The van der Waals surface area contributed by atoms with Gasteiger partial charge in [0.15, 0.2) is 0 Å². The van der Waals surface area contributed by atoms with Gasteiger partial charge in [-0.15, -0.1) is 0 Å². The molecule has 0 radical (unpaired) electrons. The third-order valence-corrected chi connectivity index (χ3v) is 5.92. The lowest BCUT2D eigenvalue weighted by atomic mass is 9.95. The lowest BCUT2D eigenvalue weighted by Crippen LogP contribution is -2.29. The predicted octanol–water partition coefficient (Wildman–Crippen LogP) is 5.90. The van der Waals surface area contributed by atoms with E-state index in [-0.39, 0.29) is 17.4 Å². The number of ether oxygens (including phenoxy) is 3. The monoisotopic (exact) mass is 501 g/mol. The van der Waals surface area contributed by atoms with Gasteiger partial charge in [0.2, 0.25) is 0 Å². The topological polar surface area (TPSA) is 85.3 Å². The SMILES string of the molecule is CCCOc1cccc(/C(O)=C2/C(=O)C(=O)N(c3ccc(OC)cc3)C2c2cccc(OC(C)C)c2)c1. The zero-order valence-electron chi connectivity index (χ0n) is 21.4. The standard InChI is InChI=1S/C30H31NO6/c1-5-16-36-24-10-7-9-21(18-24)28(32)26-27(20-8-6-11-25(17-20)37-19(2)3)31(30(34)29(26)33)22-12-14-23(35-4)15-13-22/h6-15,17-19,27,32H,5,16H2,1-4H3/b28-26-. The number of carbonyl (C=O) groups excluding carboxylic acids is 2. The number of Topliss-reactive ketones (excluding diaryl/α,β-unsaturated/α-hetero) is 1. The molecule has 3 aromatic rings. The van der Waals surface area contributed by atoms with Crippen molar-refractivity contribution >= 4 is 23.1 Å². The minimum absolute atomic E-state index is 0.00448. The maximum absolute atomic E-state index is 13.4. The van der Waals surface area contributed by atoms with Gasteiger partial charge in [-0.25, -0.2) is 0 Å². The van der Waals surface area contributed by atoms with Crippen LogP contribution in [-0.2, 0) is 9.59 Å². The summed E-state index contributed by atoms with van der Waals surface area (Å²) in [5.41, 5.74) is 1.52. The Morgan fingerprint density at radius 1 is 0.946 bits per heavy atom. The van der Waals surface area contributed by atoms with E-state index >= 15 is 0 Å². The molecule has 1 aliphatic heterocycles. The molecule has 1 heterocycles. The van der Waals surface area contributed by atoms with Crippen molar-refractivity contribution in [1.82, 2.24) is 0 Å². The summed E-state index contributed by atoms with van der Waals surface area (Å²) in [5, 5.41) is 11.4. The minimum Gasteiger partial charge on any atom is -0.507 e. The smallest absolute Gasteiger partial charge is 0.300 e. The number of benzene rings is 3. The second-order valence-corrected chi connectivity index (χ2v) is 8.98. The molecule has 37 heavy (non-hydrogen) atoms. The first-order chi connectivity index (χ1) is 17.8. The molecule has 1 saturated heterocycles. The fraction of sp³-hybridized carbons (Fsp3) is 0.267. The van der Waals surface area contributed by atoms with E-state index in [2.05, 4.69) is 0 Å². The number of nitrogens with zero attached hydrogens (tertiary/aromatic N) is 1. The lowest BCUT2D eigenvalue weighted by molar-refractivity contribution is -0.132. The summed E-state index contributed by atoms with van der Waals surface area (Å²) in [4.78, 5) is 28.2. The second-order valence-electron chi connectivity index (χ2n) is 8.98. The van der Waals surface area contributed by atoms with Crippen LogP contribution in [0.4, 0.5) is 5.69 Å². The normalized spacial score (nSPS) is 16.8. The number of ketones is 1. The number of anilines is 1. The quantitative estimate of drug-likeness (QED) is 0.223. The molecule has 1 N–H and O–H groups in total. The number of hydrogen-bond donors (Lipinski definition) is 1. The Balaban J connectivity index is 1.88. The molecule has 1 amide bonds. The molecule has 0 aromatic heterocycles. The number of methoxy groups -OCH3 is 1. The summed E-state index contributed by atoms with van der Waals surface area (Å²) >= 11 is 0. The van der Waals surface area contributed by atoms with E-state index < -0.39 is 17.7 Å². The fourth-order valence-electron chi connectivity index (χ4n) is 4.30. The molecular formula is C30H31NO6. The van der Waals surface area contributed by atoms with Gasteiger partial charge in [-0.3, -0.25) is 14.5 Å². The average Bonchev–Trinajstić information content (AvgIpc) is 3.17. The Morgan fingerprint density at radius 2 is 1.65 bits per heavy atom. The molecule has 4 rings (SSSR count). The van der Waals surface area contributed by atoms with Gasteiger partial charge in [-0.1, -0.05) is 31.2 Å². The van der Waals surface area contributed by atoms with Crippen LogP contribution in [0, 0.1) is 0 Å². The van der Waals surface area contributed by atoms with Gasteiger partial charge in [0.1, 0.15) is 23.0 Å². The van der Waals surface area contributed by atoms with Crippen LogP contribution in [0.25, 0.3) is 5.76 Å². The second kappa shape index (κ2) is 11.2. The van der Waals surface area contributed by atoms with Gasteiger partial charge in [-0.05, 0) is 74.4 Å². The molecule has 3 aromatic carbocycles. The molecule has 0 bridgehead atoms. The van der Waals surface area contributed by atoms with Gasteiger partial charge in [0.25, 0.3) is 11.7 Å². The van der Waals surface area contributed by atoms with Gasteiger partial charge in [-0.2, -0.15) is 0 Å². The Morgan fingerprint density at radius 3 is 2.32 bits per heavy atom. The minimum atomic E-state index is -0.871. The molecule has 0 aliphatic carbocycles. The molecule has 1 aliphatic rings. The predicted molar refractivity (Wildman–Crippen MR) is 142 cm³/mol. The van der Waals surface area contributed by atoms with Crippen molar-refractivity contribution in [2.24, 2.45) is 0 Å². The van der Waals surface area contributed by atoms with Crippen molar-refractivity contribution < 1.29 is 28.9 Å². The van der Waals surface area contributed by atoms with Crippen molar-refractivity contribution in [1.29, 1.82) is 0 Å². The van der Waals surface area contributed by atoms with Crippen LogP contribution in [-0.4, -0.2) is 36.6 Å². The first kappa shape index (κ1) is 25.8. The third-order valence-electron chi connectivity index (χ3n) is 5.92. The van der Waals surface area contributed by atoms with Crippen LogP contribution in [0.2, 0.25) is 0 Å². The number of aliphatic hydroxyl groups is 1. The van der Waals surface area contributed by atoms with Gasteiger partial charge >= 0.3 is 0 Å². The maximum atomic E-state index is 13.4. The number of rotatable bonds is 9. The molecule has 7 heteroatoms. The Bertz CT molecular complexity index is 1310. The first-order valence-electron chi connectivity index (χ1n) is 12.3. The van der Waals surface area contributed by atoms with E-state index in [4.69, 9.17) is 14.2 Å². The lowest BCUT2D eigenvalue weighted by Gasteiger charge is -2.26. The van der Waals surface area contributed by atoms with Crippen LogP contribution in [0.3, 0.4) is 0 Å². The fourth-order valence-corrected chi connectivity index (χ4v) is 4.30. The molecule has 0 spiro atoms. The number of aliphatic hydroxyl groups excluding tert-OH is 1. The number of carbonyl (C=O) groups is 2. The van der Waals surface area contributed by atoms with Crippen LogP contribution < -0.4 is 19.1 Å². The molecule has 1 fully saturated rings. The van der Waals surface area contributed by atoms with E-state index in [1.807, 2.05) is 32.9 Å². The van der Waals surface area contributed by atoms with E-state index in [1.54, 1.807) is 67.8 Å². The zero-order valence-corrected chi connectivity index (χ0v) is 21.4. The highest BCUT2D eigenvalue weighted by Crippen LogP contribution is 2.43. The summed E-state index contributed by atoms with van der Waals surface area (Å²) in [5.74, 6) is 0.0187. The van der Waals surface area contributed by atoms with Gasteiger partial charge in [0, 0.05) is 11.3 Å². The summed E-state index contributed by atoms with van der Waals surface area (Å²) in [7, 11) is 1.56. The van der Waals surface area contributed by atoms with Crippen molar-refractivity contribution in [2.75, 3.05) is 18.6 Å². The van der Waals surface area contributed by atoms with Crippen LogP contribution >= 0.6 is 0 Å². The van der Waals surface area contributed by atoms with Crippen molar-refractivity contribution in [3.05, 3.63) is 89.5 Å². The molecule has 192 valence electrons. The molecule has 1 atom stereocenters. The molecule has 1 unspecified atom stereocenters. The Kier molecular flexibility index (Phi) is 7.82. The van der Waals surface area contributed by atoms with Gasteiger partial charge in [0.05, 0.1) is 31.4 Å². The first-order valence-corrected chi connectivity index (χ1v) is 12.3. The molecular weight excluding hydrogens is 470 g/mol. The van der Waals surface area contributed by atoms with E-state index in [1.165, 1.54) is 4.90 Å². The van der Waals surface area contributed by atoms with E-state index in [9.17, 15) is 14.7 Å². The van der Waals surface area contributed by atoms with Crippen LogP contribution in [0.5, 0.6) is 17.2 Å². The van der Waals surface area contributed by atoms with Crippen molar-refractivity contribution in [3.8, 4) is 17.2 Å². The zero-order chi connectivity index (χ0) is 26.5. The highest BCUT2D eigenvalue weighted by molar-refractivity contribution is 6.51. The highest BCUT2D eigenvalue weighted by atomic mass is 16.5. The molecule has 7 nitrogen and oxygen atoms in total. The van der Waals surface area contributed by atoms with Gasteiger partial charge < -0.3 is 19.3 Å². The summed E-state index contributed by atoms with van der Waals surface area (Å²) in [6.45, 7) is 6.36. The van der Waals surface area contributed by atoms with Crippen molar-refractivity contribution in [2.45, 2.75) is 39.3 Å². The summed E-state index contributed by atoms with van der Waals surface area (Å²) in [6.07, 6.45) is 0.770. The highest BCUT2D eigenvalue weighted by Gasteiger charge is 2.47. The average molecular weight is 502 g/mol. The number of amides is 1. The largest absolute Gasteiger partial charge is 0.507 e. The van der Waals surface area contributed by atoms with Crippen LogP contribution in [0.15, 0.2) is 78.4 Å².